The van der Waals surface area contributed by atoms with Crippen LogP contribution >= 0.6 is 0 Å². The minimum Gasteiger partial charge on any atom is -0.455 e. The average molecular weight is 604 g/mol. The molecule has 1 unspecified atom stereocenters. The van der Waals surface area contributed by atoms with E-state index in [1.54, 1.807) is 73.1 Å². The van der Waals surface area contributed by atoms with Crippen molar-refractivity contribution in [3.05, 3.63) is 119 Å². The van der Waals surface area contributed by atoms with Crippen molar-refractivity contribution in [2.24, 2.45) is 0 Å². The van der Waals surface area contributed by atoms with Crippen LogP contribution in [0, 0.1) is 0 Å². The van der Waals surface area contributed by atoms with Crippen molar-refractivity contribution in [3.63, 3.8) is 0 Å². The van der Waals surface area contributed by atoms with Gasteiger partial charge in [-0.2, -0.15) is 0 Å². The number of hydrogen-bond donors (Lipinski definition) is 3. The Balaban J connectivity index is 1.07. The maximum Gasteiger partial charge on any atom is 0.262 e. The highest BCUT2D eigenvalue weighted by Crippen LogP contribution is 2.30. The van der Waals surface area contributed by atoms with Crippen LogP contribution in [-0.4, -0.2) is 51.4 Å². The minimum atomic E-state index is -1.09. The Bertz CT molecular complexity index is 1860. The first-order chi connectivity index (χ1) is 21.8. The number of nitrogens with zero attached hydrogens (tertiary/aromatic N) is 2. The first-order valence-electron chi connectivity index (χ1n) is 14.0. The molecule has 3 N–H and O–H groups in total. The topological polar surface area (TPSA) is 164 Å². The first kappa shape index (κ1) is 28.9. The summed E-state index contributed by atoms with van der Waals surface area (Å²) in [6.07, 6.45) is 3.26. The van der Waals surface area contributed by atoms with Crippen LogP contribution in [0.5, 0.6) is 11.5 Å². The van der Waals surface area contributed by atoms with E-state index in [1.807, 2.05) is 0 Å². The van der Waals surface area contributed by atoms with Crippen LogP contribution in [0.3, 0.4) is 0 Å². The number of nitrogens with one attached hydrogen (secondary N) is 3. The molecule has 1 atom stereocenters. The zero-order valence-corrected chi connectivity index (χ0v) is 23.6. The van der Waals surface area contributed by atoms with E-state index in [0.717, 1.165) is 10.5 Å². The molecule has 1 fully saturated rings. The third-order valence-corrected chi connectivity index (χ3v) is 7.38. The lowest BCUT2D eigenvalue weighted by atomic mass is 10.0. The number of amides is 6. The summed E-state index contributed by atoms with van der Waals surface area (Å²) in [7, 11) is 0. The highest BCUT2D eigenvalue weighted by Gasteiger charge is 2.44. The van der Waals surface area contributed by atoms with E-state index in [4.69, 9.17) is 4.74 Å². The SMILES string of the molecule is O=C1CCC(N2C(=O)c3ccc(C(=O)NCc4ccc(C(=O)Nc5ccccc5Oc5ccncc5)cc4)cc3C2=O)C(=O)N1. The van der Waals surface area contributed by atoms with Crippen LogP contribution in [0.15, 0.2) is 91.3 Å². The molecule has 0 aliphatic carbocycles. The van der Waals surface area contributed by atoms with E-state index in [2.05, 4.69) is 20.9 Å². The summed E-state index contributed by atoms with van der Waals surface area (Å²) in [5.74, 6) is -2.29. The first-order valence-corrected chi connectivity index (χ1v) is 14.0. The molecule has 3 aromatic carbocycles. The summed E-state index contributed by atoms with van der Waals surface area (Å²) in [5, 5.41) is 7.77. The van der Waals surface area contributed by atoms with Crippen LogP contribution in [-0.2, 0) is 16.1 Å². The lowest BCUT2D eigenvalue weighted by Crippen LogP contribution is -2.54. The number of rotatable bonds is 8. The van der Waals surface area contributed by atoms with Crippen molar-refractivity contribution >= 4 is 41.1 Å². The predicted molar refractivity (Wildman–Crippen MR) is 159 cm³/mol. The molecule has 2 aliphatic rings. The van der Waals surface area contributed by atoms with E-state index in [-0.39, 0.29) is 42.0 Å². The van der Waals surface area contributed by atoms with Crippen molar-refractivity contribution < 1.29 is 33.5 Å². The maximum absolute atomic E-state index is 13.1. The van der Waals surface area contributed by atoms with E-state index < -0.39 is 35.6 Å². The van der Waals surface area contributed by atoms with Gasteiger partial charge in [-0.3, -0.25) is 44.0 Å². The van der Waals surface area contributed by atoms with Gasteiger partial charge in [-0.05, 0) is 66.6 Å². The van der Waals surface area contributed by atoms with Crippen molar-refractivity contribution in [1.29, 1.82) is 0 Å². The molecule has 6 rings (SSSR count). The lowest BCUT2D eigenvalue weighted by Gasteiger charge is -2.27. The molecule has 12 nitrogen and oxygen atoms in total. The Kier molecular flexibility index (Phi) is 7.85. The van der Waals surface area contributed by atoms with E-state index in [9.17, 15) is 28.8 Å². The number of aromatic nitrogens is 1. The molecule has 6 amide bonds. The Morgan fingerprint density at radius 3 is 2.31 bits per heavy atom. The van der Waals surface area contributed by atoms with Crippen LogP contribution < -0.4 is 20.7 Å². The number of benzene rings is 3. The number of hydrogen-bond acceptors (Lipinski definition) is 8. The largest absolute Gasteiger partial charge is 0.455 e. The van der Waals surface area contributed by atoms with Gasteiger partial charge in [0, 0.05) is 36.5 Å². The third kappa shape index (κ3) is 6.02. The van der Waals surface area contributed by atoms with E-state index >= 15 is 0 Å². The van der Waals surface area contributed by atoms with Crippen LogP contribution in [0.4, 0.5) is 5.69 Å². The van der Waals surface area contributed by atoms with Crippen LogP contribution in [0.2, 0.25) is 0 Å². The van der Waals surface area contributed by atoms with Gasteiger partial charge in [0.2, 0.25) is 11.8 Å². The van der Waals surface area contributed by atoms with Crippen molar-refractivity contribution in [1.82, 2.24) is 20.5 Å². The van der Waals surface area contributed by atoms with Crippen LogP contribution in [0.1, 0.15) is 59.8 Å². The Morgan fingerprint density at radius 2 is 1.56 bits per heavy atom. The van der Waals surface area contributed by atoms with Gasteiger partial charge in [-0.1, -0.05) is 24.3 Å². The highest BCUT2D eigenvalue weighted by molar-refractivity contribution is 6.24. The van der Waals surface area contributed by atoms with Gasteiger partial charge >= 0.3 is 0 Å². The Hall–Kier alpha value is -6.17. The minimum absolute atomic E-state index is 0.0129. The highest BCUT2D eigenvalue weighted by atomic mass is 16.5. The molecule has 0 saturated carbocycles. The molecule has 224 valence electrons. The summed E-state index contributed by atoms with van der Waals surface area (Å²) in [6.45, 7) is 0.135. The molecule has 3 heterocycles. The summed E-state index contributed by atoms with van der Waals surface area (Å²) in [6, 6.07) is 20.2. The van der Waals surface area contributed by atoms with Crippen molar-refractivity contribution in [3.8, 4) is 11.5 Å². The van der Waals surface area contributed by atoms with Gasteiger partial charge in [0.05, 0.1) is 16.8 Å². The smallest absolute Gasteiger partial charge is 0.262 e. The van der Waals surface area contributed by atoms with Gasteiger partial charge in [-0.15, -0.1) is 0 Å². The average Bonchev–Trinajstić information content (AvgIpc) is 3.30. The molecule has 1 saturated heterocycles. The van der Waals surface area contributed by atoms with Crippen LogP contribution in [0.25, 0.3) is 0 Å². The van der Waals surface area contributed by atoms with E-state index in [0.29, 0.717) is 22.7 Å². The lowest BCUT2D eigenvalue weighted by molar-refractivity contribution is -0.136. The summed E-state index contributed by atoms with van der Waals surface area (Å²) >= 11 is 0. The zero-order chi connectivity index (χ0) is 31.5. The number of carbonyl (C=O) groups is 6. The number of ether oxygens (including phenoxy) is 1. The molecular formula is C33H25N5O7. The maximum atomic E-state index is 13.1. The fourth-order valence-electron chi connectivity index (χ4n) is 5.06. The molecule has 45 heavy (non-hydrogen) atoms. The number of anilines is 1. The monoisotopic (exact) mass is 603 g/mol. The van der Waals surface area contributed by atoms with Gasteiger partial charge in [-0.25, -0.2) is 0 Å². The normalized spacial score (nSPS) is 15.7. The van der Waals surface area contributed by atoms with Gasteiger partial charge in [0.15, 0.2) is 5.75 Å². The van der Waals surface area contributed by atoms with Gasteiger partial charge in [0.25, 0.3) is 23.6 Å². The molecule has 1 aromatic heterocycles. The molecule has 2 aliphatic heterocycles. The van der Waals surface area contributed by atoms with Gasteiger partial charge < -0.3 is 15.4 Å². The summed E-state index contributed by atoms with van der Waals surface area (Å²) in [4.78, 5) is 80.4. The third-order valence-electron chi connectivity index (χ3n) is 7.38. The number of piperidine rings is 1. The number of pyridine rings is 1. The fourth-order valence-corrected chi connectivity index (χ4v) is 5.06. The number of carbonyl (C=O) groups excluding carboxylic acids is 6. The summed E-state index contributed by atoms with van der Waals surface area (Å²) < 4.78 is 5.87. The molecule has 4 aromatic rings. The molecule has 12 heteroatoms. The van der Waals surface area contributed by atoms with Gasteiger partial charge in [0.1, 0.15) is 11.8 Å². The molecule has 0 bridgehead atoms. The Morgan fingerprint density at radius 1 is 0.844 bits per heavy atom. The second-order valence-electron chi connectivity index (χ2n) is 10.3. The van der Waals surface area contributed by atoms with Crippen molar-refractivity contribution in [2.75, 3.05) is 5.32 Å². The number of para-hydroxylation sites is 2. The molecular weight excluding hydrogens is 578 g/mol. The molecule has 0 spiro atoms. The predicted octanol–water partition coefficient (Wildman–Crippen LogP) is 3.46. The number of imide groups is 2. The zero-order valence-electron chi connectivity index (χ0n) is 23.6. The quantitative estimate of drug-likeness (QED) is 0.258. The second-order valence-corrected chi connectivity index (χ2v) is 10.3. The molecule has 0 radical (unpaired) electrons. The number of fused-ring (bicyclic) bond motifs is 1. The summed E-state index contributed by atoms with van der Waals surface area (Å²) in [5.41, 5.74) is 1.86. The van der Waals surface area contributed by atoms with Crippen molar-refractivity contribution in [2.45, 2.75) is 25.4 Å². The van der Waals surface area contributed by atoms with E-state index in [1.165, 1.54) is 18.2 Å². The fraction of sp³-hybridized carbons (Fsp3) is 0.121. The Labute approximate surface area is 256 Å². The standard InChI is InChI=1S/C33H25N5O7/c39-28-12-11-26(31(42)37-28)38-32(43)23-10-9-21(17-24(23)33(38)44)29(40)35-18-19-5-7-20(8-6-19)30(41)36-25-3-1-2-4-27(25)45-22-13-15-34-16-14-22/h1-10,13-17,26H,11-12,18H2,(H,35,40)(H,36,41)(H,37,39,42). The second kappa shape index (κ2) is 12.2.